The van der Waals surface area contributed by atoms with Gasteiger partial charge in [0.25, 0.3) is 5.91 Å². The highest BCUT2D eigenvalue weighted by Gasteiger charge is 2.31. The van der Waals surface area contributed by atoms with Crippen LogP contribution in [0.4, 0.5) is 8.78 Å². The normalized spacial score (nSPS) is 22.4. The monoisotopic (exact) mass is 296 g/mol. The Bertz CT molecular complexity index is 533. The summed E-state index contributed by atoms with van der Waals surface area (Å²) in [4.78, 5) is 14.0. The SMILES string of the molecule is CCNC1CCN(C(=O)c2c(F)ccc(C)c2F)CC1C. The fourth-order valence-corrected chi connectivity index (χ4v) is 2.91. The summed E-state index contributed by atoms with van der Waals surface area (Å²) >= 11 is 0. The lowest BCUT2D eigenvalue weighted by Gasteiger charge is -2.37. The maximum absolute atomic E-state index is 14.1. The van der Waals surface area contributed by atoms with Crippen molar-refractivity contribution >= 4 is 5.91 Å². The molecule has 5 heteroatoms. The van der Waals surface area contributed by atoms with Crippen LogP contribution in [-0.4, -0.2) is 36.5 Å². The zero-order valence-corrected chi connectivity index (χ0v) is 12.7. The summed E-state index contributed by atoms with van der Waals surface area (Å²) in [6.45, 7) is 7.55. The molecular formula is C16H22F2N2O. The topological polar surface area (TPSA) is 32.3 Å². The highest BCUT2D eigenvalue weighted by Crippen LogP contribution is 2.22. The molecule has 1 N–H and O–H groups in total. The second-order valence-corrected chi connectivity index (χ2v) is 5.73. The average Bonchev–Trinajstić information content (AvgIpc) is 2.45. The molecule has 21 heavy (non-hydrogen) atoms. The number of hydrogen-bond acceptors (Lipinski definition) is 2. The molecule has 0 bridgehead atoms. The summed E-state index contributed by atoms with van der Waals surface area (Å²) in [6.07, 6.45) is 0.801. The van der Waals surface area contributed by atoms with Gasteiger partial charge in [-0.15, -0.1) is 0 Å². The van der Waals surface area contributed by atoms with E-state index in [0.29, 0.717) is 19.1 Å². The molecule has 1 aromatic carbocycles. The molecule has 1 heterocycles. The van der Waals surface area contributed by atoms with Gasteiger partial charge in [0.1, 0.15) is 17.2 Å². The molecule has 3 nitrogen and oxygen atoms in total. The highest BCUT2D eigenvalue weighted by atomic mass is 19.1. The molecule has 0 saturated carbocycles. The Morgan fingerprint density at radius 3 is 2.76 bits per heavy atom. The van der Waals surface area contributed by atoms with Gasteiger partial charge in [0.2, 0.25) is 0 Å². The van der Waals surface area contributed by atoms with Crippen molar-refractivity contribution < 1.29 is 13.6 Å². The third-order valence-corrected chi connectivity index (χ3v) is 4.16. The molecule has 116 valence electrons. The van der Waals surface area contributed by atoms with Gasteiger partial charge in [0, 0.05) is 19.1 Å². The molecule has 0 aromatic heterocycles. The van der Waals surface area contributed by atoms with Crippen LogP contribution in [0.25, 0.3) is 0 Å². The standard InChI is InChI=1S/C16H22F2N2O/c1-4-19-13-7-8-20(9-11(13)3)16(21)14-12(17)6-5-10(2)15(14)18/h5-6,11,13,19H,4,7-9H2,1-3H3. The van der Waals surface area contributed by atoms with Gasteiger partial charge in [0.15, 0.2) is 0 Å². The van der Waals surface area contributed by atoms with Crippen molar-refractivity contribution in [3.05, 3.63) is 34.9 Å². The fraction of sp³-hybridized carbons (Fsp3) is 0.562. The van der Waals surface area contributed by atoms with Crippen molar-refractivity contribution in [2.75, 3.05) is 19.6 Å². The second kappa shape index (κ2) is 6.52. The van der Waals surface area contributed by atoms with Crippen LogP contribution in [0.15, 0.2) is 12.1 Å². The maximum Gasteiger partial charge on any atom is 0.259 e. The number of nitrogens with one attached hydrogen (secondary N) is 1. The van der Waals surface area contributed by atoms with E-state index in [1.807, 2.05) is 6.92 Å². The first-order valence-corrected chi connectivity index (χ1v) is 7.43. The summed E-state index contributed by atoms with van der Waals surface area (Å²) in [5.74, 6) is -1.82. The number of rotatable bonds is 3. The van der Waals surface area contributed by atoms with E-state index in [-0.39, 0.29) is 11.5 Å². The molecule has 0 aliphatic carbocycles. The predicted octanol–water partition coefficient (Wildman–Crippen LogP) is 2.73. The summed E-state index contributed by atoms with van der Waals surface area (Å²) in [6, 6.07) is 2.85. The van der Waals surface area contributed by atoms with E-state index in [2.05, 4.69) is 12.2 Å². The number of halogens is 2. The van der Waals surface area contributed by atoms with Gasteiger partial charge in [-0.05, 0) is 37.4 Å². The van der Waals surface area contributed by atoms with E-state index in [9.17, 15) is 13.6 Å². The van der Waals surface area contributed by atoms with Gasteiger partial charge < -0.3 is 10.2 Å². The molecule has 1 amide bonds. The van der Waals surface area contributed by atoms with Crippen LogP contribution in [0.5, 0.6) is 0 Å². The Morgan fingerprint density at radius 1 is 1.43 bits per heavy atom. The first kappa shape index (κ1) is 15.9. The minimum absolute atomic E-state index is 0.263. The second-order valence-electron chi connectivity index (χ2n) is 5.73. The first-order chi connectivity index (χ1) is 9.95. The van der Waals surface area contributed by atoms with Gasteiger partial charge in [0.05, 0.1) is 0 Å². The van der Waals surface area contributed by atoms with Crippen LogP contribution in [0.2, 0.25) is 0 Å². The molecule has 1 fully saturated rings. The van der Waals surface area contributed by atoms with Crippen LogP contribution in [0, 0.1) is 24.5 Å². The van der Waals surface area contributed by atoms with E-state index < -0.39 is 23.1 Å². The van der Waals surface area contributed by atoms with Crippen LogP contribution in [0.3, 0.4) is 0 Å². The molecule has 2 atom stereocenters. The van der Waals surface area contributed by atoms with Crippen molar-refractivity contribution in [1.29, 1.82) is 0 Å². The number of piperidine rings is 1. The Kier molecular flexibility index (Phi) is 4.93. The largest absolute Gasteiger partial charge is 0.338 e. The lowest BCUT2D eigenvalue weighted by Crippen LogP contribution is -2.50. The zero-order valence-electron chi connectivity index (χ0n) is 12.7. The molecule has 1 aliphatic heterocycles. The van der Waals surface area contributed by atoms with E-state index >= 15 is 0 Å². The Hall–Kier alpha value is -1.49. The molecule has 1 aromatic rings. The van der Waals surface area contributed by atoms with Crippen LogP contribution < -0.4 is 5.32 Å². The summed E-state index contributed by atoms with van der Waals surface area (Å²) in [5, 5.41) is 3.38. The number of amides is 1. The number of nitrogens with zero attached hydrogens (tertiary/aromatic N) is 1. The van der Waals surface area contributed by atoms with Crippen LogP contribution >= 0.6 is 0 Å². The van der Waals surface area contributed by atoms with Crippen LogP contribution in [-0.2, 0) is 0 Å². The first-order valence-electron chi connectivity index (χ1n) is 7.43. The fourth-order valence-electron chi connectivity index (χ4n) is 2.91. The number of carbonyl (C=O) groups is 1. The average molecular weight is 296 g/mol. The van der Waals surface area contributed by atoms with E-state index in [4.69, 9.17) is 0 Å². The van der Waals surface area contributed by atoms with E-state index in [1.165, 1.54) is 13.0 Å². The van der Waals surface area contributed by atoms with Crippen molar-refractivity contribution in [3.8, 4) is 0 Å². The quantitative estimate of drug-likeness (QED) is 0.930. The Labute approximate surface area is 124 Å². The predicted molar refractivity (Wildman–Crippen MR) is 78.2 cm³/mol. The van der Waals surface area contributed by atoms with Crippen molar-refractivity contribution in [3.63, 3.8) is 0 Å². The van der Waals surface area contributed by atoms with Gasteiger partial charge in [-0.1, -0.05) is 19.9 Å². The third kappa shape index (κ3) is 3.23. The lowest BCUT2D eigenvalue weighted by molar-refractivity contribution is 0.0636. The molecule has 2 unspecified atom stereocenters. The minimum atomic E-state index is -0.787. The Balaban J connectivity index is 2.17. The maximum atomic E-state index is 14.1. The van der Waals surface area contributed by atoms with Gasteiger partial charge in [-0.2, -0.15) is 0 Å². The number of benzene rings is 1. The van der Waals surface area contributed by atoms with Gasteiger partial charge in [-0.3, -0.25) is 4.79 Å². The van der Waals surface area contributed by atoms with Gasteiger partial charge >= 0.3 is 0 Å². The number of likely N-dealkylation sites (tertiary alicyclic amines) is 1. The molecule has 0 spiro atoms. The minimum Gasteiger partial charge on any atom is -0.338 e. The molecular weight excluding hydrogens is 274 g/mol. The third-order valence-electron chi connectivity index (χ3n) is 4.16. The number of aryl methyl sites for hydroxylation is 1. The zero-order chi connectivity index (χ0) is 15.6. The van der Waals surface area contributed by atoms with E-state index in [0.717, 1.165) is 19.0 Å². The Morgan fingerprint density at radius 2 is 2.14 bits per heavy atom. The highest BCUT2D eigenvalue weighted by molar-refractivity contribution is 5.95. The van der Waals surface area contributed by atoms with Crippen molar-refractivity contribution in [2.45, 2.75) is 33.2 Å². The van der Waals surface area contributed by atoms with Crippen molar-refractivity contribution in [1.82, 2.24) is 10.2 Å². The van der Waals surface area contributed by atoms with E-state index in [1.54, 1.807) is 4.90 Å². The van der Waals surface area contributed by atoms with Crippen molar-refractivity contribution in [2.24, 2.45) is 5.92 Å². The smallest absolute Gasteiger partial charge is 0.259 e. The van der Waals surface area contributed by atoms with Gasteiger partial charge in [-0.25, -0.2) is 8.78 Å². The number of carbonyl (C=O) groups excluding carboxylic acids is 1. The molecule has 2 rings (SSSR count). The van der Waals surface area contributed by atoms with Crippen LogP contribution in [0.1, 0.15) is 36.2 Å². The summed E-state index contributed by atoms with van der Waals surface area (Å²) in [5.41, 5.74) is -0.139. The molecule has 1 aliphatic rings. The molecule has 0 radical (unpaired) electrons. The summed E-state index contributed by atoms with van der Waals surface area (Å²) < 4.78 is 27.9. The number of hydrogen-bond donors (Lipinski definition) is 1. The lowest BCUT2D eigenvalue weighted by atomic mass is 9.93. The summed E-state index contributed by atoms with van der Waals surface area (Å²) in [7, 11) is 0. The molecule has 1 saturated heterocycles.